The topological polar surface area (TPSA) is 49.8 Å². The predicted octanol–water partition coefficient (Wildman–Crippen LogP) is 5.14. The highest BCUT2D eigenvalue weighted by molar-refractivity contribution is 9.10. The van der Waals surface area contributed by atoms with Crippen LogP contribution in [0.4, 0.5) is 0 Å². The maximum absolute atomic E-state index is 11.9. The van der Waals surface area contributed by atoms with Gasteiger partial charge in [0, 0.05) is 15.1 Å². The lowest BCUT2D eigenvalue weighted by Crippen LogP contribution is -2.46. The minimum atomic E-state index is -0.786. The fraction of sp³-hybridized carbons (Fsp3) is 0.350. The molecule has 1 saturated heterocycles. The van der Waals surface area contributed by atoms with E-state index in [0.717, 1.165) is 28.4 Å². The number of aliphatic carboxylic acids is 1. The van der Waals surface area contributed by atoms with E-state index in [1.54, 1.807) is 13.2 Å². The van der Waals surface area contributed by atoms with E-state index in [2.05, 4.69) is 20.8 Å². The van der Waals surface area contributed by atoms with Gasteiger partial charge >= 0.3 is 5.97 Å². The van der Waals surface area contributed by atoms with E-state index in [-0.39, 0.29) is 6.04 Å². The third-order valence-corrected chi connectivity index (χ3v) is 5.54. The van der Waals surface area contributed by atoms with Gasteiger partial charge in [-0.1, -0.05) is 46.1 Å². The first-order valence-corrected chi connectivity index (χ1v) is 9.76. The minimum absolute atomic E-state index is 0.248. The Morgan fingerprint density at radius 1 is 1.31 bits per heavy atom. The molecular weight excluding hydrogens is 418 g/mol. The minimum Gasteiger partial charge on any atom is -0.496 e. The van der Waals surface area contributed by atoms with Gasteiger partial charge in [0.2, 0.25) is 0 Å². The van der Waals surface area contributed by atoms with Crippen molar-refractivity contribution in [1.82, 2.24) is 4.90 Å². The highest BCUT2D eigenvalue weighted by Crippen LogP contribution is 2.40. The van der Waals surface area contributed by atoms with Crippen molar-refractivity contribution in [2.75, 3.05) is 13.7 Å². The first-order chi connectivity index (χ1) is 12.5. The van der Waals surface area contributed by atoms with Crippen molar-refractivity contribution in [3.63, 3.8) is 0 Å². The average molecular weight is 439 g/mol. The number of halogens is 2. The summed E-state index contributed by atoms with van der Waals surface area (Å²) < 4.78 is 6.52. The lowest BCUT2D eigenvalue weighted by molar-refractivity contribution is -0.145. The summed E-state index contributed by atoms with van der Waals surface area (Å²) in [6.07, 6.45) is 2.53. The zero-order valence-corrected chi connectivity index (χ0v) is 16.8. The molecule has 2 atom stereocenters. The Balaban J connectivity index is 2.17. The molecule has 1 heterocycles. The van der Waals surface area contributed by atoms with Crippen LogP contribution in [0.2, 0.25) is 5.02 Å². The van der Waals surface area contributed by atoms with Gasteiger partial charge in [0.15, 0.2) is 0 Å². The molecule has 1 aliphatic heterocycles. The number of carboxylic acids is 1. The van der Waals surface area contributed by atoms with Gasteiger partial charge in [-0.3, -0.25) is 9.69 Å². The van der Waals surface area contributed by atoms with Crippen LogP contribution >= 0.6 is 27.5 Å². The maximum atomic E-state index is 11.9. The Bertz CT molecular complexity index is 798. The van der Waals surface area contributed by atoms with Crippen LogP contribution in [-0.2, 0) is 4.79 Å². The van der Waals surface area contributed by atoms with Crippen LogP contribution in [0.3, 0.4) is 0 Å². The van der Waals surface area contributed by atoms with Gasteiger partial charge in [0.25, 0.3) is 0 Å². The van der Waals surface area contributed by atoms with Gasteiger partial charge < -0.3 is 9.84 Å². The van der Waals surface area contributed by atoms with E-state index >= 15 is 0 Å². The lowest BCUT2D eigenvalue weighted by atomic mass is 9.91. The number of nitrogens with zero attached hydrogens (tertiary/aromatic N) is 1. The maximum Gasteiger partial charge on any atom is 0.320 e. The molecule has 0 amide bonds. The molecule has 4 nitrogen and oxygen atoms in total. The van der Waals surface area contributed by atoms with E-state index in [1.165, 1.54) is 0 Å². The summed E-state index contributed by atoms with van der Waals surface area (Å²) in [6, 6.07) is 12.7. The molecule has 1 fully saturated rings. The van der Waals surface area contributed by atoms with Crippen LogP contribution < -0.4 is 4.74 Å². The smallest absolute Gasteiger partial charge is 0.320 e. The fourth-order valence-corrected chi connectivity index (χ4v) is 4.27. The molecule has 0 spiro atoms. The van der Waals surface area contributed by atoms with Gasteiger partial charge in [0.05, 0.1) is 13.2 Å². The number of piperidine rings is 1. The van der Waals surface area contributed by atoms with Crippen molar-refractivity contribution in [3.8, 4) is 5.75 Å². The van der Waals surface area contributed by atoms with Gasteiger partial charge in [0.1, 0.15) is 11.8 Å². The van der Waals surface area contributed by atoms with E-state index in [0.29, 0.717) is 23.7 Å². The molecule has 0 bridgehead atoms. The van der Waals surface area contributed by atoms with E-state index in [9.17, 15) is 9.90 Å². The van der Waals surface area contributed by atoms with E-state index in [1.807, 2.05) is 36.4 Å². The third kappa shape index (κ3) is 4.05. The first kappa shape index (κ1) is 19.2. The fourth-order valence-electron chi connectivity index (χ4n) is 3.67. The molecule has 6 heteroatoms. The number of methoxy groups -OCH3 is 1. The Morgan fingerprint density at radius 3 is 2.81 bits per heavy atom. The number of likely N-dealkylation sites (tertiary alicyclic amines) is 1. The largest absolute Gasteiger partial charge is 0.496 e. The van der Waals surface area contributed by atoms with Crippen LogP contribution in [0.1, 0.15) is 36.4 Å². The highest BCUT2D eigenvalue weighted by Gasteiger charge is 2.36. The summed E-state index contributed by atoms with van der Waals surface area (Å²) >= 11 is 9.80. The van der Waals surface area contributed by atoms with Crippen LogP contribution in [0, 0.1) is 0 Å². The second-order valence-electron chi connectivity index (χ2n) is 6.43. The molecular formula is C20H21BrClNO3. The summed E-state index contributed by atoms with van der Waals surface area (Å²) in [5.74, 6) is -0.0835. The summed E-state index contributed by atoms with van der Waals surface area (Å²) in [5.41, 5.74) is 1.89. The standard InChI is InChI=1S/C20H21BrClNO3/c1-26-18-9-8-15(22)12-16(18)19(13-5-4-6-14(21)11-13)23-10-3-2-7-17(23)20(24)25/h4-6,8-9,11-12,17,19H,2-3,7,10H2,1H3,(H,24,25). The van der Waals surface area contributed by atoms with Crippen LogP contribution in [0.15, 0.2) is 46.9 Å². The molecule has 1 aliphatic rings. The molecule has 0 saturated carbocycles. The molecule has 0 aromatic heterocycles. The summed E-state index contributed by atoms with van der Waals surface area (Å²) in [4.78, 5) is 14.0. The number of carbonyl (C=O) groups is 1. The van der Waals surface area contributed by atoms with Gasteiger partial charge in [-0.05, 0) is 55.3 Å². The summed E-state index contributed by atoms with van der Waals surface area (Å²) in [7, 11) is 1.62. The Hall–Kier alpha value is -1.56. The van der Waals surface area contributed by atoms with Crippen molar-refractivity contribution >= 4 is 33.5 Å². The zero-order valence-electron chi connectivity index (χ0n) is 14.5. The summed E-state index contributed by atoms with van der Waals surface area (Å²) in [6.45, 7) is 0.712. The Morgan fingerprint density at radius 2 is 2.12 bits per heavy atom. The summed E-state index contributed by atoms with van der Waals surface area (Å²) in [5, 5.41) is 10.4. The average Bonchev–Trinajstić information content (AvgIpc) is 2.62. The zero-order chi connectivity index (χ0) is 18.7. The SMILES string of the molecule is COc1ccc(Cl)cc1C(c1cccc(Br)c1)N1CCCCC1C(=O)O. The number of rotatable bonds is 5. The molecule has 138 valence electrons. The molecule has 26 heavy (non-hydrogen) atoms. The quantitative estimate of drug-likeness (QED) is 0.702. The van der Waals surface area contributed by atoms with Crippen LogP contribution in [0.5, 0.6) is 5.75 Å². The number of carboxylic acid groups (broad SMARTS) is 1. The Kier molecular flexibility index (Phi) is 6.22. The second kappa shape index (κ2) is 8.42. The lowest BCUT2D eigenvalue weighted by Gasteiger charge is -2.40. The molecule has 2 aromatic carbocycles. The van der Waals surface area contributed by atoms with Crippen LogP contribution in [-0.4, -0.2) is 35.7 Å². The van der Waals surface area contributed by atoms with Crippen molar-refractivity contribution in [2.24, 2.45) is 0 Å². The van der Waals surface area contributed by atoms with E-state index < -0.39 is 12.0 Å². The number of ether oxygens (including phenoxy) is 1. The van der Waals surface area contributed by atoms with Crippen molar-refractivity contribution in [2.45, 2.75) is 31.3 Å². The second-order valence-corrected chi connectivity index (χ2v) is 7.78. The number of benzene rings is 2. The van der Waals surface area contributed by atoms with Gasteiger partial charge in [-0.2, -0.15) is 0 Å². The molecule has 0 radical (unpaired) electrons. The van der Waals surface area contributed by atoms with E-state index in [4.69, 9.17) is 16.3 Å². The van der Waals surface area contributed by atoms with Crippen molar-refractivity contribution in [1.29, 1.82) is 0 Å². The van der Waals surface area contributed by atoms with Gasteiger partial charge in [-0.15, -0.1) is 0 Å². The Labute approximate surface area is 166 Å². The monoisotopic (exact) mass is 437 g/mol. The predicted molar refractivity (Wildman–Crippen MR) is 106 cm³/mol. The van der Waals surface area contributed by atoms with Gasteiger partial charge in [-0.25, -0.2) is 0 Å². The third-order valence-electron chi connectivity index (χ3n) is 4.81. The number of hydrogen-bond acceptors (Lipinski definition) is 3. The van der Waals surface area contributed by atoms with Crippen molar-refractivity contribution in [3.05, 3.63) is 63.1 Å². The van der Waals surface area contributed by atoms with Crippen molar-refractivity contribution < 1.29 is 14.6 Å². The molecule has 1 N–H and O–H groups in total. The molecule has 2 aromatic rings. The normalized spacial score (nSPS) is 19.1. The molecule has 3 rings (SSSR count). The molecule has 0 aliphatic carbocycles. The highest BCUT2D eigenvalue weighted by atomic mass is 79.9. The molecule has 2 unspecified atom stereocenters. The number of hydrogen-bond donors (Lipinski definition) is 1. The van der Waals surface area contributed by atoms with Crippen LogP contribution in [0.25, 0.3) is 0 Å². The first-order valence-electron chi connectivity index (χ1n) is 8.58.